The van der Waals surface area contributed by atoms with Crippen LogP contribution < -0.4 is 15.0 Å². The SMILES string of the molecule is O=c1c2cnn(-c3ccccc3)c2ncn1Cc1cc(Cl)c2c(c1)OCCO2. The van der Waals surface area contributed by atoms with Gasteiger partial charge in [-0.1, -0.05) is 29.8 Å². The van der Waals surface area contributed by atoms with Crippen LogP contribution >= 0.6 is 11.6 Å². The molecule has 0 spiro atoms. The summed E-state index contributed by atoms with van der Waals surface area (Å²) < 4.78 is 14.3. The molecule has 140 valence electrons. The van der Waals surface area contributed by atoms with E-state index in [9.17, 15) is 4.79 Å². The van der Waals surface area contributed by atoms with E-state index in [4.69, 9.17) is 21.1 Å². The lowest BCUT2D eigenvalue weighted by Crippen LogP contribution is -2.21. The maximum absolute atomic E-state index is 12.9. The molecule has 5 rings (SSSR count). The molecule has 0 bridgehead atoms. The van der Waals surface area contributed by atoms with E-state index < -0.39 is 0 Å². The van der Waals surface area contributed by atoms with Crippen LogP contribution in [0.4, 0.5) is 0 Å². The Labute approximate surface area is 164 Å². The smallest absolute Gasteiger partial charge is 0.264 e. The molecule has 3 heterocycles. The number of hydrogen-bond acceptors (Lipinski definition) is 5. The summed E-state index contributed by atoms with van der Waals surface area (Å²) in [5.41, 5.74) is 2.03. The van der Waals surface area contributed by atoms with Crippen molar-refractivity contribution in [2.24, 2.45) is 0 Å². The molecule has 4 aromatic rings. The Balaban J connectivity index is 1.53. The lowest BCUT2D eigenvalue weighted by Gasteiger charge is -2.20. The molecule has 0 unspecified atom stereocenters. The number of nitrogens with zero attached hydrogens (tertiary/aromatic N) is 4. The molecule has 7 nitrogen and oxygen atoms in total. The van der Waals surface area contributed by atoms with Crippen molar-refractivity contribution in [2.75, 3.05) is 13.2 Å². The van der Waals surface area contributed by atoms with Crippen molar-refractivity contribution in [1.29, 1.82) is 0 Å². The zero-order valence-corrected chi connectivity index (χ0v) is 15.5. The Bertz CT molecular complexity index is 1230. The van der Waals surface area contributed by atoms with Gasteiger partial charge in [0.1, 0.15) is 24.9 Å². The highest BCUT2D eigenvalue weighted by Crippen LogP contribution is 2.38. The monoisotopic (exact) mass is 394 g/mol. The maximum Gasteiger partial charge on any atom is 0.264 e. The molecule has 8 heteroatoms. The third-order valence-electron chi connectivity index (χ3n) is 4.56. The molecular formula is C20H15ClN4O3. The lowest BCUT2D eigenvalue weighted by atomic mass is 10.2. The van der Waals surface area contributed by atoms with Crippen LogP contribution in [0.15, 0.2) is 59.8 Å². The Kier molecular flexibility index (Phi) is 4.02. The Hall–Kier alpha value is -3.32. The van der Waals surface area contributed by atoms with Gasteiger partial charge in [-0.3, -0.25) is 9.36 Å². The average Bonchev–Trinajstić information content (AvgIpc) is 3.16. The van der Waals surface area contributed by atoms with Gasteiger partial charge in [-0.25, -0.2) is 9.67 Å². The van der Waals surface area contributed by atoms with Crippen LogP contribution in [0.5, 0.6) is 11.5 Å². The van der Waals surface area contributed by atoms with E-state index in [0.29, 0.717) is 47.3 Å². The fourth-order valence-corrected chi connectivity index (χ4v) is 3.56. The zero-order valence-electron chi connectivity index (χ0n) is 14.7. The molecule has 2 aromatic heterocycles. The predicted octanol–water partition coefficient (Wildman–Crippen LogP) is 3.06. The Morgan fingerprint density at radius 1 is 1.11 bits per heavy atom. The summed E-state index contributed by atoms with van der Waals surface area (Å²) in [4.78, 5) is 17.4. The van der Waals surface area contributed by atoms with Crippen molar-refractivity contribution in [3.05, 3.63) is 75.9 Å². The van der Waals surface area contributed by atoms with Crippen LogP contribution in [0.1, 0.15) is 5.56 Å². The number of hydrogen-bond donors (Lipinski definition) is 0. The molecule has 0 amide bonds. The minimum atomic E-state index is -0.168. The number of benzene rings is 2. The van der Waals surface area contributed by atoms with Gasteiger partial charge in [0.05, 0.1) is 23.5 Å². The van der Waals surface area contributed by atoms with E-state index in [1.54, 1.807) is 16.9 Å². The van der Waals surface area contributed by atoms with E-state index in [1.807, 2.05) is 36.4 Å². The fraction of sp³-hybridized carbons (Fsp3) is 0.150. The first-order valence-electron chi connectivity index (χ1n) is 8.77. The third kappa shape index (κ3) is 2.80. The molecule has 0 atom stereocenters. The highest BCUT2D eigenvalue weighted by molar-refractivity contribution is 6.32. The van der Waals surface area contributed by atoms with Crippen molar-refractivity contribution in [3.8, 4) is 17.2 Å². The first-order valence-corrected chi connectivity index (χ1v) is 9.15. The predicted molar refractivity (Wildman–Crippen MR) is 105 cm³/mol. The van der Waals surface area contributed by atoms with E-state index in [0.717, 1.165) is 11.3 Å². The summed E-state index contributed by atoms with van der Waals surface area (Å²) in [7, 11) is 0. The summed E-state index contributed by atoms with van der Waals surface area (Å²) in [5, 5.41) is 5.25. The first kappa shape index (κ1) is 16.8. The standard InChI is InChI=1S/C20H15ClN4O3/c21-16-8-13(9-17-18(16)28-7-6-27-17)11-24-12-22-19-15(20(24)26)10-23-25(19)14-4-2-1-3-5-14/h1-5,8-10,12H,6-7,11H2. The number of fused-ring (bicyclic) bond motifs is 2. The van der Waals surface area contributed by atoms with Gasteiger partial charge in [0.2, 0.25) is 0 Å². The fourth-order valence-electron chi connectivity index (χ4n) is 3.27. The van der Waals surface area contributed by atoms with Crippen molar-refractivity contribution < 1.29 is 9.47 Å². The van der Waals surface area contributed by atoms with Crippen LogP contribution in [0.2, 0.25) is 5.02 Å². The lowest BCUT2D eigenvalue weighted by molar-refractivity contribution is 0.171. The molecule has 0 radical (unpaired) electrons. The summed E-state index contributed by atoms with van der Waals surface area (Å²) >= 11 is 6.30. The largest absolute Gasteiger partial charge is 0.486 e. The van der Waals surface area contributed by atoms with Crippen molar-refractivity contribution in [3.63, 3.8) is 0 Å². The minimum absolute atomic E-state index is 0.168. The van der Waals surface area contributed by atoms with Crippen molar-refractivity contribution in [1.82, 2.24) is 19.3 Å². The van der Waals surface area contributed by atoms with Gasteiger partial charge in [-0.15, -0.1) is 0 Å². The molecule has 2 aromatic carbocycles. The highest BCUT2D eigenvalue weighted by Gasteiger charge is 2.18. The van der Waals surface area contributed by atoms with Gasteiger partial charge in [0.15, 0.2) is 17.1 Å². The summed E-state index contributed by atoms with van der Waals surface area (Å²) in [6.45, 7) is 1.26. The summed E-state index contributed by atoms with van der Waals surface area (Å²) in [6, 6.07) is 13.2. The molecule has 1 aliphatic heterocycles. The van der Waals surface area contributed by atoms with Crippen molar-refractivity contribution >= 4 is 22.6 Å². The topological polar surface area (TPSA) is 71.2 Å². The van der Waals surface area contributed by atoms with E-state index in [1.165, 1.54) is 10.9 Å². The van der Waals surface area contributed by atoms with Crippen LogP contribution in [-0.2, 0) is 6.54 Å². The third-order valence-corrected chi connectivity index (χ3v) is 4.85. The second-order valence-corrected chi connectivity index (χ2v) is 6.82. The number of rotatable bonds is 3. The van der Waals surface area contributed by atoms with Crippen molar-refractivity contribution in [2.45, 2.75) is 6.54 Å². The van der Waals surface area contributed by atoms with Gasteiger partial charge in [-0.05, 0) is 29.8 Å². The van der Waals surface area contributed by atoms with Gasteiger partial charge >= 0.3 is 0 Å². The second-order valence-electron chi connectivity index (χ2n) is 6.41. The molecule has 28 heavy (non-hydrogen) atoms. The number of halogens is 1. The van der Waals surface area contributed by atoms with Crippen LogP contribution in [-0.4, -0.2) is 32.5 Å². The molecule has 0 fully saturated rings. The highest BCUT2D eigenvalue weighted by atomic mass is 35.5. The van der Waals surface area contributed by atoms with Crippen LogP contribution in [0.3, 0.4) is 0 Å². The van der Waals surface area contributed by atoms with Crippen LogP contribution in [0, 0.1) is 0 Å². The number of para-hydroxylation sites is 1. The van der Waals surface area contributed by atoms with Gasteiger partial charge in [0, 0.05) is 0 Å². The summed E-state index contributed by atoms with van der Waals surface area (Å²) in [5.74, 6) is 1.13. The number of ether oxygens (including phenoxy) is 2. The first-order chi connectivity index (χ1) is 13.7. The van der Waals surface area contributed by atoms with Gasteiger partial charge in [0.25, 0.3) is 5.56 Å². The number of aromatic nitrogens is 4. The molecular weight excluding hydrogens is 380 g/mol. The quantitative estimate of drug-likeness (QED) is 0.534. The van der Waals surface area contributed by atoms with Gasteiger partial charge in [-0.2, -0.15) is 5.10 Å². The Morgan fingerprint density at radius 3 is 2.79 bits per heavy atom. The van der Waals surface area contributed by atoms with Crippen LogP contribution in [0.25, 0.3) is 16.7 Å². The van der Waals surface area contributed by atoms with Gasteiger partial charge < -0.3 is 9.47 Å². The van der Waals surface area contributed by atoms with E-state index in [2.05, 4.69) is 10.1 Å². The molecule has 0 aliphatic carbocycles. The molecule has 0 saturated carbocycles. The molecule has 0 N–H and O–H groups in total. The normalized spacial score (nSPS) is 13.0. The van der Waals surface area contributed by atoms with E-state index in [-0.39, 0.29) is 5.56 Å². The second kappa shape index (κ2) is 6.69. The average molecular weight is 395 g/mol. The summed E-state index contributed by atoms with van der Waals surface area (Å²) in [6.07, 6.45) is 3.07. The molecule has 0 saturated heterocycles. The maximum atomic E-state index is 12.9. The zero-order chi connectivity index (χ0) is 19.1. The minimum Gasteiger partial charge on any atom is -0.486 e. The van der Waals surface area contributed by atoms with E-state index >= 15 is 0 Å². The molecule has 1 aliphatic rings. The Morgan fingerprint density at radius 2 is 1.93 bits per heavy atom.